The van der Waals surface area contributed by atoms with Gasteiger partial charge in [0.25, 0.3) is 11.8 Å². The molecule has 0 saturated heterocycles. The molecular weight excluding hydrogens is 454 g/mol. The van der Waals surface area contributed by atoms with Gasteiger partial charge in [-0.15, -0.1) is 0 Å². The molecule has 34 heavy (non-hydrogen) atoms. The zero-order valence-corrected chi connectivity index (χ0v) is 19.3. The number of anilines is 2. The number of phenolic OH excluding ortho intramolecular Hbond substituents is 1. The van der Waals surface area contributed by atoms with Gasteiger partial charge in [-0.2, -0.15) is 5.26 Å². The molecule has 3 rings (SSSR count). The molecular formula is C26H22ClN3O4. The molecule has 0 fully saturated rings. The SMILES string of the molecule is Cc1ccc(NC(=O)COc2ccc(/C=C(\C#N)C(=O)Nc3ccc(O)cc3)cc2Cl)c(C)c1. The molecule has 7 nitrogen and oxygen atoms in total. The molecule has 0 unspecified atom stereocenters. The Kier molecular flexibility index (Phi) is 7.91. The molecule has 3 N–H and O–H groups in total. The fourth-order valence-electron chi connectivity index (χ4n) is 3.07. The van der Waals surface area contributed by atoms with Crippen molar-refractivity contribution in [3.8, 4) is 17.6 Å². The number of nitriles is 1. The summed E-state index contributed by atoms with van der Waals surface area (Å²) in [6, 6.07) is 18.2. The fourth-order valence-corrected chi connectivity index (χ4v) is 3.31. The molecule has 0 aliphatic heterocycles. The number of rotatable bonds is 7. The normalized spacial score (nSPS) is 10.8. The molecule has 0 aromatic heterocycles. The Bertz CT molecular complexity index is 1290. The van der Waals surface area contributed by atoms with Crippen LogP contribution >= 0.6 is 11.6 Å². The third-order valence-corrected chi connectivity index (χ3v) is 5.07. The van der Waals surface area contributed by atoms with E-state index in [1.165, 1.54) is 36.4 Å². The van der Waals surface area contributed by atoms with Crippen LogP contribution in [0.2, 0.25) is 5.02 Å². The fraction of sp³-hybridized carbons (Fsp3) is 0.115. The van der Waals surface area contributed by atoms with E-state index >= 15 is 0 Å². The minimum Gasteiger partial charge on any atom is -0.508 e. The van der Waals surface area contributed by atoms with Crippen LogP contribution in [0.15, 0.2) is 66.2 Å². The highest BCUT2D eigenvalue weighted by Crippen LogP contribution is 2.27. The zero-order chi connectivity index (χ0) is 24.7. The molecule has 2 amide bonds. The van der Waals surface area contributed by atoms with Crippen LogP contribution in [0.4, 0.5) is 11.4 Å². The lowest BCUT2D eigenvalue weighted by atomic mass is 10.1. The average Bonchev–Trinajstić information content (AvgIpc) is 2.80. The van der Waals surface area contributed by atoms with Crippen molar-refractivity contribution in [2.45, 2.75) is 13.8 Å². The number of carbonyl (C=O) groups excluding carboxylic acids is 2. The first-order chi connectivity index (χ1) is 16.2. The molecule has 0 saturated carbocycles. The number of aromatic hydroxyl groups is 1. The van der Waals surface area contributed by atoms with Gasteiger partial charge in [0, 0.05) is 11.4 Å². The highest BCUT2D eigenvalue weighted by Gasteiger charge is 2.12. The lowest BCUT2D eigenvalue weighted by Gasteiger charge is -2.11. The molecule has 3 aromatic carbocycles. The van der Waals surface area contributed by atoms with Gasteiger partial charge in [0.1, 0.15) is 23.1 Å². The van der Waals surface area contributed by atoms with Crippen LogP contribution in [0, 0.1) is 25.2 Å². The Labute approximate surface area is 202 Å². The van der Waals surface area contributed by atoms with E-state index in [0.717, 1.165) is 11.1 Å². The van der Waals surface area contributed by atoms with Gasteiger partial charge in [0.2, 0.25) is 0 Å². The Hall–Kier alpha value is -4.28. The monoisotopic (exact) mass is 475 g/mol. The Morgan fingerprint density at radius 3 is 2.44 bits per heavy atom. The largest absolute Gasteiger partial charge is 0.508 e. The standard InChI is InChI=1S/C26H22ClN3O4/c1-16-3-9-23(17(2)11-16)30-25(32)15-34-24-10-4-18(13-22(24)27)12-19(14-28)26(33)29-20-5-7-21(31)8-6-20/h3-13,31H,15H2,1-2H3,(H,29,33)(H,30,32)/b19-12+. The first kappa shape index (κ1) is 24.4. The molecule has 0 aliphatic carbocycles. The predicted octanol–water partition coefficient (Wildman–Crippen LogP) is 5.23. The minimum atomic E-state index is -0.604. The summed E-state index contributed by atoms with van der Waals surface area (Å²) < 4.78 is 5.53. The molecule has 0 spiro atoms. The van der Waals surface area contributed by atoms with Crippen molar-refractivity contribution in [3.05, 3.63) is 87.9 Å². The summed E-state index contributed by atoms with van der Waals surface area (Å²) in [5.74, 6) is -0.576. The molecule has 0 radical (unpaired) electrons. The van der Waals surface area contributed by atoms with E-state index in [2.05, 4.69) is 10.6 Å². The van der Waals surface area contributed by atoms with Crippen LogP contribution in [0.3, 0.4) is 0 Å². The second kappa shape index (κ2) is 11.0. The summed E-state index contributed by atoms with van der Waals surface area (Å²) in [7, 11) is 0. The summed E-state index contributed by atoms with van der Waals surface area (Å²) in [4.78, 5) is 24.6. The number of halogens is 1. The number of hydrogen-bond donors (Lipinski definition) is 3. The number of carbonyl (C=O) groups is 2. The number of ether oxygens (including phenoxy) is 1. The highest BCUT2D eigenvalue weighted by atomic mass is 35.5. The number of benzene rings is 3. The maximum absolute atomic E-state index is 12.4. The van der Waals surface area contributed by atoms with Gasteiger partial charge in [-0.3, -0.25) is 9.59 Å². The lowest BCUT2D eigenvalue weighted by Crippen LogP contribution is -2.20. The maximum atomic E-state index is 12.4. The number of hydrogen-bond acceptors (Lipinski definition) is 5. The van der Waals surface area contributed by atoms with Gasteiger partial charge in [0.05, 0.1) is 5.02 Å². The number of nitrogens with one attached hydrogen (secondary N) is 2. The maximum Gasteiger partial charge on any atom is 0.266 e. The molecule has 3 aromatic rings. The van der Waals surface area contributed by atoms with Crippen molar-refractivity contribution in [1.82, 2.24) is 0 Å². The van der Waals surface area contributed by atoms with Crippen LogP contribution in [-0.4, -0.2) is 23.5 Å². The van der Waals surface area contributed by atoms with Crippen LogP contribution in [0.25, 0.3) is 6.08 Å². The van der Waals surface area contributed by atoms with Crippen LogP contribution in [-0.2, 0) is 9.59 Å². The van der Waals surface area contributed by atoms with E-state index < -0.39 is 5.91 Å². The lowest BCUT2D eigenvalue weighted by molar-refractivity contribution is -0.118. The van der Waals surface area contributed by atoms with Crippen LogP contribution in [0.1, 0.15) is 16.7 Å². The van der Waals surface area contributed by atoms with E-state index in [4.69, 9.17) is 16.3 Å². The van der Waals surface area contributed by atoms with E-state index in [1.54, 1.807) is 12.1 Å². The van der Waals surface area contributed by atoms with Crippen molar-refractivity contribution in [2.24, 2.45) is 0 Å². The summed E-state index contributed by atoms with van der Waals surface area (Å²) in [5.41, 5.74) is 3.57. The minimum absolute atomic E-state index is 0.0637. The van der Waals surface area contributed by atoms with Gasteiger partial charge in [-0.05, 0) is 73.5 Å². The van der Waals surface area contributed by atoms with Crippen molar-refractivity contribution >= 4 is 40.9 Å². The Balaban J connectivity index is 1.63. The highest BCUT2D eigenvalue weighted by molar-refractivity contribution is 6.32. The molecule has 172 valence electrons. The van der Waals surface area contributed by atoms with E-state index in [0.29, 0.717) is 22.7 Å². The summed E-state index contributed by atoms with van der Waals surface area (Å²) in [6.07, 6.45) is 1.39. The van der Waals surface area contributed by atoms with Crippen molar-refractivity contribution in [3.63, 3.8) is 0 Å². The van der Waals surface area contributed by atoms with Crippen molar-refractivity contribution in [1.29, 1.82) is 5.26 Å². The smallest absolute Gasteiger partial charge is 0.266 e. The molecule has 0 heterocycles. The van der Waals surface area contributed by atoms with Gasteiger partial charge in [-0.1, -0.05) is 35.4 Å². The summed E-state index contributed by atoms with van der Waals surface area (Å²) in [5, 5.41) is 24.3. The Morgan fingerprint density at radius 1 is 1.06 bits per heavy atom. The summed E-state index contributed by atoms with van der Waals surface area (Å²) >= 11 is 6.27. The average molecular weight is 476 g/mol. The van der Waals surface area contributed by atoms with E-state index in [-0.39, 0.29) is 28.9 Å². The van der Waals surface area contributed by atoms with Gasteiger partial charge in [-0.25, -0.2) is 0 Å². The number of aryl methyl sites for hydroxylation is 2. The number of amides is 2. The summed E-state index contributed by atoms with van der Waals surface area (Å²) in [6.45, 7) is 3.65. The third kappa shape index (κ3) is 6.61. The zero-order valence-electron chi connectivity index (χ0n) is 18.6. The van der Waals surface area contributed by atoms with Crippen molar-refractivity contribution in [2.75, 3.05) is 17.2 Å². The van der Waals surface area contributed by atoms with Crippen LogP contribution < -0.4 is 15.4 Å². The molecule has 8 heteroatoms. The second-order valence-electron chi connectivity index (χ2n) is 7.52. The first-order valence-electron chi connectivity index (χ1n) is 10.3. The molecule has 0 atom stereocenters. The number of nitrogens with zero attached hydrogens (tertiary/aromatic N) is 1. The third-order valence-electron chi connectivity index (χ3n) is 4.77. The van der Waals surface area contributed by atoms with Gasteiger partial charge < -0.3 is 20.5 Å². The Morgan fingerprint density at radius 2 is 1.79 bits per heavy atom. The van der Waals surface area contributed by atoms with E-state index in [9.17, 15) is 20.0 Å². The van der Waals surface area contributed by atoms with Gasteiger partial charge >= 0.3 is 0 Å². The van der Waals surface area contributed by atoms with Gasteiger partial charge in [0.15, 0.2) is 6.61 Å². The van der Waals surface area contributed by atoms with Crippen LogP contribution in [0.5, 0.6) is 11.5 Å². The molecule has 0 bridgehead atoms. The second-order valence-corrected chi connectivity index (χ2v) is 7.92. The molecule has 0 aliphatic rings. The topological polar surface area (TPSA) is 111 Å². The number of phenols is 1. The predicted molar refractivity (Wildman–Crippen MR) is 132 cm³/mol. The van der Waals surface area contributed by atoms with Crippen molar-refractivity contribution < 1.29 is 19.4 Å². The van der Waals surface area contributed by atoms with E-state index in [1.807, 2.05) is 38.1 Å². The quantitative estimate of drug-likeness (QED) is 0.246. The first-order valence-corrected chi connectivity index (χ1v) is 10.6.